The molecule has 0 radical (unpaired) electrons. The minimum atomic E-state index is -3.57. The molecule has 0 saturated heterocycles. The maximum atomic E-state index is 12.0. The molecule has 0 bridgehead atoms. The second kappa shape index (κ2) is 5.52. The zero-order valence-electron chi connectivity index (χ0n) is 11.3. The Morgan fingerprint density at radius 1 is 1.05 bits per heavy atom. The van der Waals surface area contributed by atoms with E-state index in [1.165, 1.54) is 13.1 Å². The van der Waals surface area contributed by atoms with Crippen molar-refractivity contribution in [3.8, 4) is 0 Å². The molecule has 2 aromatic rings. The van der Waals surface area contributed by atoms with E-state index in [4.69, 9.17) is 5.73 Å². The zero-order valence-corrected chi connectivity index (χ0v) is 12.2. The van der Waals surface area contributed by atoms with Crippen LogP contribution in [0.15, 0.2) is 47.4 Å². The molecule has 0 aliphatic carbocycles. The van der Waals surface area contributed by atoms with E-state index in [0.29, 0.717) is 11.4 Å². The molecule has 0 aliphatic heterocycles. The monoisotopic (exact) mass is 291 g/mol. The second-order valence-electron chi connectivity index (χ2n) is 4.45. The van der Waals surface area contributed by atoms with Crippen molar-refractivity contribution in [2.24, 2.45) is 0 Å². The van der Waals surface area contributed by atoms with Crippen molar-refractivity contribution < 1.29 is 8.42 Å². The van der Waals surface area contributed by atoms with E-state index in [1.54, 1.807) is 12.1 Å². The van der Waals surface area contributed by atoms with E-state index in [0.717, 1.165) is 11.3 Å². The van der Waals surface area contributed by atoms with Gasteiger partial charge in [-0.15, -0.1) is 0 Å². The Kier molecular flexibility index (Phi) is 3.96. The summed E-state index contributed by atoms with van der Waals surface area (Å²) in [7, 11) is -2.20. The lowest BCUT2D eigenvalue weighted by Crippen LogP contribution is -2.20. The van der Waals surface area contributed by atoms with Crippen molar-refractivity contribution >= 4 is 27.1 Å². The van der Waals surface area contributed by atoms with Gasteiger partial charge in [-0.05, 0) is 44.3 Å². The molecule has 0 amide bonds. The van der Waals surface area contributed by atoms with Crippen LogP contribution in [0.25, 0.3) is 0 Å². The molecular formula is C14H17N3O2S. The predicted octanol–water partition coefficient (Wildman–Crippen LogP) is 2.23. The van der Waals surface area contributed by atoms with Crippen LogP contribution in [0.2, 0.25) is 0 Å². The van der Waals surface area contributed by atoms with Crippen molar-refractivity contribution in [2.45, 2.75) is 11.8 Å². The van der Waals surface area contributed by atoms with Gasteiger partial charge in [0.25, 0.3) is 0 Å². The van der Waals surface area contributed by atoms with E-state index in [2.05, 4.69) is 10.0 Å². The fraction of sp³-hybridized carbons (Fsp3) is 0.143. The summed E-state index contributed by atoms with van der Waals surface area (Å²) >= 11 is 0. The summed E-state index contributed by atoms with van der Waals surface area (Å²) in [5.74, 6) is 0. The normalized spacial score (nSPS) is 11.3. The summed E-state index contributed by atoms with van der Waals surface area (Å²) in [6.45, 7) is 1.99. The summed E-state index contributed by atoms with van der Waals surface area (Å²) in [4.78, 5) is 0.126. The molecule has 0 aliphatic rings. The molecule has 20 heavy (non-hydrogen) atoms. The molecule has 0 spiro atoms. The minimum Gasteiger partial charge on any atom is -0.399 e. The standard InChI is InChI=1S/C14H17N3O2S/c1-10-3-6-12(7-4-10)17-13-8-5-11(15)9-14(13)20(18,19)16-2/h3-9,16-17H,15H2,1-2H3. The lowest BCUT2D eigenvalue weighted by atomic mass is 10.2. The maximum Gasteiger partial charge on any atom is 0.242 e. The minimum absolute atomic E-state index is 0.126. The Balaban J connectivity index is 2.44. The second-order valence-corrected chi connectivity index (χ2v) is 6.31. The molecule has 5 nitrogen and oxygen atoms in total. The van der Waals surface area contributed by atoms with Crippen LogP contribution < -0.4 is 15.8 Å². The number of nitrogen functional groups attached to an aromatic ring is 1. The Hall–Kier alpha value is -2.05. The molecule has 4 N–H and O–H groups in total. The third-order valence-corrected chi connectivity index (χ3v) is 4.35. The lowest BCUT2D eigenvalue weighted by Gasteiger charge is -2.13. The fourth-order valence-electron chi connectivity index (χ4n) is 1.77. The van der Waals surface area contributed by atoms with Gasteiger partial charge in [-0.3, -0.25) is 0 Å². The van der Waals surface area contributed by atoms with Crippen LogP contribution >= 0.6 is 0 Å². The van der Waals surface area contributed by atoms with Crippen molar-refractivity contribution in [1.82, 2.24) is 4.72 Å². The van der Waals surface area contributed by atoms with Gasteiger partial charge in [-0.25, -0.2) is 13.1 Å². The Bertz CT molecular complexity index is 710. The number of anilines is 3. The molecule has 106 valence electrons. The van der Waals surface area contributed by atoms with Gasteiger partial charge in [-0.2, -0.15) is 0 Å². The van der Waals surface area contributed by atoms with Gasteiger partial charge in [0.2, 0.25) is 10.0 Å². The molecule has 0 aromatic heterocycles. The molecule has 6 heteroatoms. The van der Waals surface area contributed by atoms with Gasteiger partial charge in [0.15, 0.2) is 0 Å². The summed E-state index contributed by atoms with van der Waals surface area (Å²) in [6.07, 6.45) is 0. The predicted molar refractivity (Wildman–Crippen MR) is 81.6 cm³/mol. The smallest absolute Gasteiger partial charge is 0.242 e. The molecule has 0 unspecified atom stereocenters. The van der Waals surface area contributed by atoms with E-state index in [9.17, 15) is 8.42 Å². The van der Waals surface area contributed by atoms with Crippen molar-refractivity contribution in [3.63, 3.8) is 0 Å². The number of benzene rings is 2. The fourth-order valence-corrected chi connectivity index (χ4v) is 2.69. The largest absolute Gasteiger partial charge is 0.399 e. The average molecular weight is 291 g/mol. The number of aryl methyl sites for hydroxylation is 1. The van der Waals surface area contributed by atoms with Gasteiger partial charge >= 0.3 is 0 Å². The zero-order chi connectivity index (χ0) is 14.8. The molecule has 0 saturated carbocycles. The molecular weight excluding hydrogens is 274 g/mol. The average Bonchev–Trinajstić information content (AvgIpc) is 2.43. The summed E-state index contributed by atoms with van der Waals surface area (Å²) < 4.78 is 26.3. The number of hydrogen-bond donors (Lipinski definition) is 3. The van der Waals surface area contributed by atoms with Crippen LogP contribution in [0.5, 0.6) is 0 Å². The maximum absolute atomic E-state index is 12.0. The highest BCUT2D eigenvalue weighted by atomic mass is 32.2. The van der Waals surface area contributed by atoms with Crippen LogP contribution in [0.3, 0.4) is 0 Å². The van der Waals surface area contributed by atoms with E-state index >= 15 is 0 Å². The molecule has 2 aromatic carbocycles. The Morgan fingerprint density at radius 2 is 1.70 bits per heavy atom. The third kappa shape index (κ3) is 3.09. The van der Waals surface area contributed by atoms with Gasteiger partial charge in [0.1, 0.15) is 4.90 Å². The highest BCUT2D eigenvalue weighted by molar-refractivity contribution is 7.89. The summed E-state index contributed by atoms with van der Waals surface area (Å²) in [5.41, 5.74) is 8.50. The highest BCUT2D eigenvalue weighted by Gasteiger charge is 2.17. The molecule has 0 fully saturated rings. The summed E-state index contributed by atoms with van der Waals surface area (Å²) in [6, 6.07) is 12.4. The number of nitrogens with one attached hydrogen (secondary N) is 2. The van der Waals surface area contributed by atoms with Gasteiger partial charge < -0.3 is 11.1 Å². The van der Waals surface area contributed by atoms with Gasteiger partial charge in [-0.1, -0.05) is 17.7 Å². The Labute approximate surface area is 118 Å². The first-order chi connectivity index (χ1) is 9.42. The van der Waals surface area contributed by atoms with Crippen molar-refractivity contribution in [3.05, 3.63) is 48.0 Å². The van der Waals surface area contributed by atoms with E-state index < -0.39 is 10.0 Å². The van der Waals surface area contributed by atoms with Crippen LogP contribution in [-0.4, -0.2) is 15.5 Å². The first-order valence-electron chi connectivity index (χ1n) is 6.09. The summed E-state index contributed by atoms with van der Waals surface area (Å²) in [5, 5.41) is 3.09. The van der Waals surface area contributed by atoms with E-state index in [-0.39, 0.29) is 4.90 Å². The van der Waals surface area contributed by atoms with Crippen molar-refractivity contribution in [1.29, 1.82) is 0 Å². The Morgan fingerprint density at radius 3 is 2.30 bits per heavy atom. The first kappa shape index (κ1) is 14.4. The number of rotatable bonds is 4. The van der Waals surface area contributed by atoms with E-state index in [1.807, 2.05) is 31.2 Å². The number of sulfonamides is 1. The molecule has 0 heterocycles. The van der Waals surface area contributed by atoms with Gasteiger partial charge in [0, 0.05) is 11.4 Å². The first-order valence-corrected chi connectivity index (χ1v) is 7.57. The highest BCUT2D eigenvalue weighted by Crippen LogP contribution is 2.27. The van der Waals surface area contributed by atoms with Crippen molar-refractivity contribution in [2.75, 3.05) is 18.1 Å². The molecule has 2 rings (SSSR count). The number of hydrogen-bond acceptors (Lipinski definition) is 4. The van der Waals surface area contributed by atoms with Crippen LogP contribution in [0.4, 0.5) is 17.1 Å². The van der Waals surface area contributed by atoms with Crippen LogP contribution in [0.1, 0.15) is 5.56 Å². The molecule has 0 atom stereocenters. The lowest BCUT2D eigenvalue weighted by molar-refractivity contribution is 0.588. The third-order valence-electron chi connectivity index (χ3n) is 2.89. The van der Waals surface area contributed by atoms with Crippen LogP contribution in [-0.2, 0) is 10.0 Å². The van der Waals surface area contributed by atoms with Crippen LogP contribution in [0, 0.1) is 6.92 Å². The number of nitrogens with two attached hydrogens (primary N) is 1. The topological polar surface area (TPSA) is 84.2 Å². The SMILES string of the molecule is CNS(=O)(=O)c1cc(N)ccc1Nc1ccc(C)cc1. The van der Waals surface area contributed by atoms with Gasteiger partial charge in [0.05, 0.1) is 5.69 Å². The quantitative estimate of drug-likeness (QED) is 0.754.